The van der Waals surface area contributed by atoms with Crippen molar-refractivity contribution in [1.82, 2.24) is 9.38 Å². The maximum absolute atomic E-state index is 11.6. The molecule has 6 aliphatic rings. The van der Waals surface area contributed by atoms with Crippen LogP contribution in [0.5, 0.6) is 0 Å². The number of pyridine rings is 1. The highest BCUT2D eigenvalue weighted by Crippen LogP contribution is 2.68. The van der Waals surface area contributed by atoms with E-state index in [2.05, 4.69) is 235 Å². The van der Waals surface area contributed by atoms with E-state index < -0.39 is 10.8 Å². The van der Waals surface area contributed by atoms with Crippen LogP contribution in [0, 0.1) is 11.3 Å². The van der Waals surface area contributed by atoms with Crippen molar-refractivity contribution in [3.63, 3.8) is 0 Å². The number of hydrogen-bond acceptors (Lipinski definition) is 2. The first kappa shape index (κ1) is 38.4. The van der Waals surface area contributed by atoms with E-state index in [9.17, 15) is 5.26 Å². The third-order valence-corrected chi connectivity index (χ3v) is 18.2. The fraction of sp³-hybridized carbons (Fsp3) is 0.0571. The molecule has 0 radical (unpaired) electrons. The van der Waals surface area contributed by atoms with Crippen LogP contribution in [-0.2, 0) is 10.8 Å². The predicted molar refractivity (Wildman–Crippen MR) is 292 cm³/mol. The van der Waals surface area contributed by atoms with Crippen LogP contribution >= 0.6 is 0 Å². The second-order valence-electron chi connectivity index (χ2n) is 20.9. The summed E-state index contributed by atoms with van der Waals surface area (Å²) in [5.74, 6) is -0.125. The Bertz CT molecular complexity index is 4570. The lowest BCUT2D eigenvalue weighted by molar-refractivity contribution is 0.759. The van der Waals surface area contributed by atoms with Gasteiger partial charge in [0.25, 0.3) is 0 Å². The molecule has 73 heavy (non-hydrogen) atoms. The van der Waals surface area contributed by atoms with Crippen molar-refractivity contribution in [2.45, 2.75) is 22.7 Å². The third-order valence-electron chi connectivity index (χ3n) is 18.2. The normalized spacial score (nSPS) is 17.0. The molecule has 334 valence electrons. The van der Waals surface area contributed by atoms with E-state index in [4.69, 9.17) is 4.98 Å². The molecule has 0 N–H and O–H groups in total. The fourth-order valence-corrected chi connectivity index (χ4v) is 16.0. The molecular weight excluding hydrogens is 883 g/mol. The highest BCUT2D eigenvalue weighted by Gasteiger charge is 2.55. The van der Waals surface area contributed by atoms with E-state index in [1.807, 2.05) is 0 Å². The molecular formula is C70H39N3. The summed E-state index contributed by atoms with van der Waals surface area (Å²) in [5.41, 5.74) is 27.9. The van der Waals surface area contributed by atoms with Crippen LogP contribution in [0.15, 0.2) is 225 Å². The zero-order valence-electron chi connectivity index (χ0n) is 39.4. The molecule has 0 fully saturated rings. The summed E-state index contributed by atoms with van der Waals surface area (Å²) >= 11 is 0. The second kappa shape index (κ2) is 13.1. The lowest BCUT2D eigenvalue weighted by Crippen LogP contribution is -2.29. The lowest BCUT2D eigenvalue weighted by Gasteiger charge is -2.43. The SMILES string of the molecule is N#Cc1cc2c(c3c1C1c4ccccc4C3c3ccccc31)c1c3c(cc4c5c6c(ncc5n2c41)-c1ccccc1C6(c1ccccc1)c1ccccc1)C1(c2ccccc2-c2ccccc21)c1ccccc1-3. The van der Waals surface area contributed by atoms with Crippen molar-refractivity contribution >= 4 is 38.1 Å². The number of aromatic nitrogens is 2. The van der Waals surface area contributed by atoms with Gasteiger partial charge in [0.1, 0.15) is 0 Å². The predicted octanol–water partition coefficient (Wildman–Crippen LogP) is 15.8. The van der Waals surface area contributed by atoms with Gasteiger partial charge in [-0.1, -0.05) is 206 Å². The van der Waals surface area contributed by atoms with Gasteiger partial charge in [0.2, 0.25) is 0 Å². The zero-order valence-corrected chi connectivity index (χ0v) is 39.4. The molecule has 0 atom stereocenters. The molecule has 3 nitrogen and oxygen atoms in total. The summed E-state index contributed by atoms with van der Waals surface area (Å²) < 4.78 is 2.54. The van der Waals surface area contributed by atoms with E-state index in [0.717, 1.165) is 33.4 Å². The molecule has 0 saturated heterocycles. The molecule has 1 spiro atoms. The minimum atomic E-state index is -0.700. The van der Waals surface area contributed by atoms with Crippen molar-refractivity contribution in [3.05, 3.63) is 308 Å². The number of hydrogen-bond donors (Lipinski definition) is 0. The average Bonchev–Trinajstić information content (AvgIpc) is 4.26. The number of benzene rings is 10. The highest BCUT2D eigenvalue weighted by molar-refractivity contribution is 6.31. The molecule has 6 aliphatic carbocycles. The molecule has 0 amide bonds. The molecule has 0 saturated carbocycles. The van der Waals surface area contributed by atoms with E-state index in [0.29, 0.717) is 0 Å². The smallest absolute Gasteiger partial charge is 0.0995 e. The van der Waals surface area contributed by atoms with Crippen LogP contribution in [0.4, 0.5) is 0 Å². The summed E-state index contributed by atoms with van der Waals surface area (Å²) in [6, 6.07) is 84.6. The third kappa shape index (κ3) is 4.15. The Morgan fingerprint density at radius 2 is 0.904 bits per heavy atom. The van der Waals surface area contributed by atoms with Gasteiger partial charge in [-0.25, -0.2) is 0 Å². The molecule has 2 bridgehead atoms. The Labute approximate surface area is 420 Å². The van der Waals surface area contributed by atoms with Gasteiger partial charge < -0.3 is 4.40 Å². The van der Waals surface area contributed by atoms with Gasteiger partial charge in [-0.3, -0.25) is 4.98 Å². The lowest BCUT2D eigenvalue weighted by atomic mass is 9.59. The van der Waals surface area contributed by atoms with Crippen molar-refractivity contribution in [3.8, 4) is 39.6 Å². The summed E-state index contributed by atoms with van der Waals surface area (Å²) in [4.78, 5) is 5.66. The first-order chi connectivity index (χ1) is 36.2. The van der Waals surface area contributed by atoms with Crippen LogP contribution in [0.3, 0.4) is 0 Å². The Morgan fingerprint density at radius 3 is 1.48 bits per heavy atom. The van der Waals surface area contributed by atoms with Crippen LogP contribution < -0.4 is 0 Å². The van der Waals surface area contributed by atoms with Crippen LogP contribution in [-0.4, -0.2) is 9.38 Å². The van der Waals surface area contributed by atoms with Crippen LogP contribution in [0.25, 0.3) is 71.6 Å². The standard InChI is InChI=1S/C70H39N3/c71-37-39-35-56-63(64-58(39)59-44-25-7-9-27-46(44)60(64)47-28-10-8-26-45(47)59)65-61-48-29-13-17-33-53(48)70(51-31-15-11-23-42(51)43-24-12-16-32-52(43)70)55(61)36-50-62-57(73(56)68(50)65)38-72-67-49-30-14-18-34-54(49)69(66(62)67,40-19-3-1-4-20-40)41-21-5-2-6-22-41/h1-36,38,59-60H. The minimum absolute atomic E-state index is 0.0598. The molecule has 0 unspecified atom stereocenters. The molecule has 19 rings (SSSR count). The summed E-state index contributed by atoms with van der Waals surface area (Å²) in [6.45, 7) is 0. The number of rotatable bonds is 2. The summed E-state index contributed by atoms with van der Waals surface area (Å²) in [6.07, 6.45) is 2.16. The van der Waals surface area contributed by atoms with Crippen LogP contribution in [0.2, 0.25) is 0 Å². The summed E-state index contributed by atoms with van der Waals surface area (Å²) in [7, 11) is 0. The topological polar surface area (TPSA) is 41.1 Å². The quantitative estimate of drug-likeness (QED) is 0.173. The molecule has 13 aromatic rings. The van der Waals surface area contributed by atoms with Crippen LogP contribution in [0.1, 0.15) is 95.3 Å². The van der Waals surface area contributed by atoms with E-state index in [-0.39, 0.29) is 11.8 Å². The molecule has 3 aromatic heterocycles. The fourth-order valence-electron chi connectivity index (χ4n) is 16.0. The van der Waals surface area contributed by atoms with Gasteiger partial charge >= 0.3 is 0 Å². The van der Waals surface area contributed by atoms with Crippen molar-refractivity contribution < 1.29 is 0 Å². The molecule has 3 heteroatoms. The molecule has 0 aliphatic heterocycles. The van der Waals surface area contributed by atoms with Gasteiger partial charge in [-0.15, -0.1) is 0 Å². The highest BCUT2D eigenvalue weighted by atomic mass is 14.9. The van der Waals surface area contributed by atoms with Gasteiger partial charge in [-0.05, 0) is 107 Å². The monoisotopic (exact) mass is 921 g/mol. The van der Waals surface area contributed by atoms with E-state index in [1.54, 1.807) is 0 Å². The largest absolute Gasteiger partial charge is 0.306 e. The first-order valence-electron chi connectivity index (χ1n) is 25.6. The van der Waals surface area contributed by atoms with E-state index >= 15 is 0 Å². The Balaban J connectivity index is 1.12. The molecule has 3 heterocycles. The first-order valence-corrected chi connectivity index (χ1v) is 25.6. The zero-order chi connectivity index (χ0) is 47.5. The van der Waals surface area contributed by atoms with Crippen molar-refractivity contribution in [2.24, 2.45) is 0 Å². The number of nitrogens with zero attached hydrogens (tertiary/aromatic N) is 3. The maximum Gasteiger partial charge on any atom is 0.0995 e. The minimum Gasteiger partial charge on any atom is -0.306 e. The number of fused-ring (bicyclic) bond motifs is 21. The Hall–Kier alpha value is -9.36. The van der Waals surface area contributed by atoms with E-state index in [1.165, 1.54) is 122 Å². The van der Waals surface area contributed by atoms with Gasteiger partial charge in [0.05, 0.1) is 50.9 Å². The second-order valence-corrected chi connectivity index (χ2v) is 20.9. The maximum atomic E-state index is 11.6. The van der Waals surface area contributed by atoms with Gasteiger partial charge in [-0.2, -0.15) is 5.26 Å². The average molecular weight is 922 g/mol. The summed E-state index contributed by atoms with van der Waals surface area (Å²) in [5, 5.41) is 16.5. The Morgan fingerprint density at radius 1 is 0.425 bits per heavy atom. The van der Waals surface area contributed by atoms with Crippen molar-refractivity contribution in [2.75, 3.05) is 0 Å². The Kier molecular flexibility index (Phi) is 6.91. The number of nitriles is 1. The molecule has 10 aromatic carbocycles. The van der Waals surface area contributed by atoms with Gasteiger partial charge in [0, 0.05) is 44.5 Å². The van der Waals surface area contributed by atoms with Crippen molar-refractivity contribution in [1.29, 1.82) is 5.26 Å². The van der Waals surface area contributed by atoms with Gasteiger partial charge in [0.15, 0.2) is 0 Å².